The Kier molecular flexibility index (Phi) is 9.38. The quantitative estimate of drug-likeness (QED) is 0.276. The lowest BCUT2D eigenvalue weighted by Crippen LogP contribution is -2.22. The van der Waals surface area contributed by atoms with Crippen molar-refractivity contribution in [3.63, 3.8) is 0 Å². The van der Waals surface area contributed by atoms with Crippen LogP contribution in [0.2, 0.25) is 0 Å². The lowest BCUT2D eigenvalue weighted by molar-refractivity contribution is -0.0279. The molecule has 1 aromatic rings. The summed E-state index contributed by atoms with van der Waals surface area (Å²) in [5, 5.41) is 10.3. The van der Waals surface area contributed by atoms with E-state index < -0.39 is 0 Å². The molecule has 9 heteroatoms. The predicted octanol–water partition coefficient (Wildman–Crippen LogP) is 4.19. The molecule has 3 heterocycles. The average Bonchev–Trinajstić information content (AvgIpc) is 3.27. The van der Waals surface area contributed by atoms with Crippen molar-refractivity contribution in [3.05, 3.63) is 35.6 Å². The maximum Gasteiger partial charge on any atom is 0.139 e. The number of rotatable bonds is 10. The summed E-state index contributed by atoms with van der Waals surface area (Å²) < 4.78 is 12.1. The lowest BCUT2D eigenvalue weighted by Gasteiger charge is -2.21. The molecular weight excluding hydrogens is 418 g/mol. The Hall–Kier alpha value is -2.78. The number of fused-ring (bicyclic) bond motifs is 3. The Bertz CT molecular complexity index is 897. The van der Waals surface area contributed by atoms with Gasteiger partial charge in [0, 0.05) is 25.5 Å². The molecule has 3 atom stereocenters. The molecule has 0 amide bonds. The smallest absolute Gasteiger partial charge is 0.139 e. The highest BCUT2D eigenvalue weighted by atomic mass is 16.6. The first-order valence-electron chi connectivity index (χ1n) is 11.8. The van der Waals surface area contributed by atoms with Gasteiger partial charge in [0.2, 0.25) is 0 Å². The number of aliphatic imine (C=N–C) groups is 2. The molecule has 1 aromatic heterocycles. The van der Waals surface area contributed by atoms with Crippen LogP contribution in [-0.4, -0.2) is 54.4 Å². The first-order chi connectivity index (χ1) is 16.0. The monoisotopic (exact) mass is 455 g/mol. The van der Waals surface area contributed by atoms with Crippen molar-refractivity contribution >= 4 is 24.1 Å². The van der Waals surface area contributed by atoms with E-state index >= 15 is 0 Å². The summed E-state index contributed by atoms with van der Waals surface area (Å²) >= 11 is 0. The van der Waals surface area contributed by atoms with E-state index in [0.717, 1.165) is 73.1 Å². The molecule has 9 nitrogen and oxygen atoms in total. The maximum atomic E-state index is 6.08. The van der Waals surface area contributed by atoms with Crippen molar-refractivity contribution in [2.75, 3.05) is 30.3 Å². The Labute approximate surface area is 196 Å². The molecule has 1 saturated heterocycles. The van der Waals surface area contributed by atoms with E-state index in [2.05, 4.69) is 42.5 Å². The average molecular weight is 456 g/mol. The minimum Gasteiger partial charge on any atom is -0.384 e. The highest BCUT2D eigenvalue weighted by Crippen LogP contribution is 2.34. The van der Waals surface area contributed by atoms with Gasteiger partial charge in [0.05, 0.1) is 35.8 Å². The third-order valence-corrected chi connectivity index (χ3v) is 5.67. The molecule has 0 aromatic carbocycles. The third-order valence-electron chi connectivity index (χ3n) is 5.67. The molecule has 3 unspecified atom stereocenters. The van der Waals surface area contributed by atoms with E-state index in [1.54, 1.807) is 18.8 Å². The molecule has 1 fully saturated rings. The van der Waals surface area contributed by atoms with Gasteiger partial charge in [-0.1, -0.05) is 6.58 Å². The van der Waals surface area contributed by atoms with Crippen LogP contribution < -0.4 is 16.0 Å². The zero-order chi connectivity index (χ0) is 23.6. The molecule has 33 heavy (non-hydrogen) atoms. The van der Waals surface area contributed by atoms with E-state index in [1.165, 1.54) is 0 Å². The van der Waals surface area contributed by atoms with Gasteiger partial charge in [-0.25, -0.2) is 9.97 Å². The molecule has 0 spiro atoms. The largest absolute Gasteiger partial charge is 0.384 e. The zero-order valence-electron chi connectivity index (χ0n) is 20.2. The molecule has 180 valence electrons. The number of nitrogens with zero attached hydrogens (tertiary/aromatic N) is 4. The third kappa shape index (κ3) is 6.85. The number of nitrogens with one attached hydrogen (secondary N) is 3. The Morgan fingerprint density at radius 3 is 2.79 bits per heavy atom. The summed E-state index contributed by atoms with van der Waals surface area (Å²) in [4.78, 5) is 17.7. The fourth-order valence-electron chi connectivity index (χ4n) is 4.01. The Morgan fingerprint density at radius 2 is 2.00 bits per heavy atom. The van der Waals surface area contributed by atoms with Crippen LogP contribution >= 0.6 is 0 Å². The van der Waals surface area contributed by atoms with Gasteiger partial charge in [-0.3, -0.25) is 9.98 Å². The number of anilines is 2. The SMILES string of the molecule is C=C(NCCCCNc1ncnc2c1C(C)OCC1CCC(N2)O1)/C(N=CC)=C(/C)N=CC. The van der Waals surface area contributed by atoms with Crippen LogP contribution in [0.15, 0.2) is 40.0 Å². The fraction of sp³-hybridized carbons (Fsp3) is 0.583. The molecule has 2 aliphatic heterocycles. The van der Waals surface area contributed by atoms with Gasteiger partial charge in [0.1, 0.15) is 29.9 Å². The number of hydrogen-bond acceptors (Lipinski definition) is 9. The van der Waals surface area contributed by atoms with Crippen molar-refractivity contribution in [2.24, 2.45) is 9.98 Å². The summed E-state index contributed by atoms with van der Waals surface area (Å²) in [5.74, 6) is 1.59. The van der Waals surface area contributed by atoms with E-state index in [9.17, 15) is 0 Å². The molecule has 3 N–H and O–H groups in total. The summed E-state index contributed by atoms with van der Waals surface area (Å²) in [6.45, 7) is 14.1. The van der Waals surface area contributed by atoms with Gasteiger partial charge in [0.15, 0.2) is 0 Å². The second-order valence-corrected chi connectivity index (χ2v) is 8.18. The highest BCUT2D eigenvalue weighted by molar-refractivity contribution is 5.60. The van der Waals surface area contributed by atoms with Crippen LogP contribution in [0.4, 0.5) is 11.6 Å². The molecule has 2 aliphatic rings. The minimum atomic E-state index is -0.123. The van der Waals surface area contributed by atoms with Gasteiger partial charge in [-0.05, 0) is 53.4 Å². The van der Waals surface area contributed by atoms with Gasteiger partial charge in [-0.15, -0.1) is 0 Å². The van der Waals surface area contributed by atoms with Crippen molar-refractivity contribution in [1.29, 1.82) is 0 Å². The standard InChI is InChI=1S/C24H37N7O2/c1-6-25-16(3)22(26-7-2)17(4)27-12-8-9-13-28-23-21-18(5)32-14-19-10-11-20(33-19)31-24(21)30-15-29-23/h6-7,15,18-20,27H,4,8-14H2,1-3,5H3,(H2,28,29,30,31)/b22-16+,25-6?,26-7?. The number of hydrogen-bond donors (Lipinski definition) is 3. The minimum absolute atomic E-state index is 0.0211. The normalized spacial score (nSPS) is 23.3. The summed E-state index contributed by atoms with van der Waals surface area (Å²) in [6, 6.07) is 0. The van der Waals surface area contributed by atoms with E-state index in [0.29, 0.717) is 6.61 Å². The summed E-state index contributed by atoms with van der Waals surface area (Å²) in [5.41, 5.74) is 3.36. The van der Waals surface area contributed by atoms with Gasteiger partial charge in [0.25, 0.3) is 0 Å². The van der Waals surface area contributed by atoms with Crippen molar-refractivity contribution in [2.45, 2.75) is 71.8 Å². The molecule has 0 aliphatic carbocycles. The van der Waals surface area contributed by atoms with Crippen molar-refractivity contribution < 1.29 is 9.47 Å². The van der Waals surface area contributed by atoms with Crippen LogP contribution in [0.1, 0.15) is 65.0 Å². The summed E-state index contributed by atoms with van der Waals surface area (Å²) in [7, 11) is 0. The van der Waals surface area contributed by atoms with Crippen LogP contribution in [-0.2, 0) is 9.47 Å². The van der Waals surface area contributed by atoms with Crippen LogP contribution in [0.3, 0.4) is 0 Å². The summed E-state index contributed by atoms with van der Waals surface area (Å²) in [6.07, 6.45) is 9.00. The first kappa shape index (κ1) is 24.9. The molecule has 3 rings (SSSR count). The molecule has 0 radical (unpaired) electrons. The first-order valence-corrected chi connectivity index (χ1v) is 11.8. The Morgan fingerprint density at radius 1 is 1.21 bits per heavy atom. The van der Waals surface area contributed by atoms with E-state index in [-0.39, 0.29) is 18.4 Å². The van der Waals surface area contributed by atoms with Crippen LogP contribution in [0.25, 0.3) is 0 Å². The van der Waals surface area contributed by atoms with Gasteiger partial charge in [-0.2, -0.15) is 0 Å². The molecular formula is C24H37N7O2. The topological polar surface area (TPSA) is 105 Å². The van der Waals surface area contributed by atoms with Gasteiger partial charge < -0.3 is 25.4 Å². The number of ether oxygens (including phenoxy) is 2. The molecule has 0 saturated carbocycles. The lowest BCUT2D eigenvalue weighted by atomic mass is 10.1. The Balaban J connectivity index is 1.51. The molecule has 2 bridgehead atoms. The van der Waals surface area contributed by atoms with E-state index in [1.807, 2.05) is 27.7 Å². The maximum absolute atomic E-state index is 6.08. The fourth-order valence-corrected chi connectivity index (χ4v) is 4.01. The number of aromatic nitrogens is 2. The highest BCUT2D eigenvalue weighted by Gasteiger charge is 2.31. The number of allylic oxidation sites excluding steroid dienone is 1. The van der Waals surface area contributed by atoms with Crippen LogP contribution in [0.5, 0.6) is 0 Å². The number of unbranched alkanes of at least 4 members (excludes halogenated alkanes) is 1. The second kappa shape index (κ2) is 12.5. The van der Waals surface area contributed by atoms with Crippen molar-refractivity contribution in [1.82, 2.24) is 15.3 Å². The van der Waals surface area contributed by atoms with E-state index in [4.69, 9.17) is 9.47 Å². The zero-order valence-corrected chi connectivity index (χ0v) is 20.2. The second-order valence-electron chi connectivity index (χ2n) is 8.18. The van der Waals surface area contributed by atoms with Gasteiger partial charge >= 0.3 is 0 Å². The van der Waals surface area contributed by atoms with Crippen LogP contribution in [0, 0.1) is 0 Å². The van der Waals surface area contributed by atoms with Crippen molar-refractivity contribution in [3.8, 4) is 0 Å². The predicted molar refractivity (Wildman–Crippen MR) is 134 cm³/mol.